The van der Waals surface area contributed by atoms with E-state index in [4.69, 9.17) is 10.8 Å². The number of carbonyl (C=O) groups excluding carboxylic acids is 1. The van der Waals surface area contributed by atoms with Crippen LogP contribution in [0.15, 0.2) is 24.3 Å². The molecule has 15 heavy (non-hydrogen) atoms. The highest BCUT2D eigenvalue weighted by molar-refractivity contribution is 5.93. The normalized spacial score (nSPS) is 9.67. The first-order valence-corrected chi connectivity index (χ1v) is 4.43. The van der Waals surface area contributed by atoms with Gasteiger partial charge in [0.2, 0.25) is 5.91 Å². The predicted molar refractivity (Wildman–Crippen MR) is 55.5 cm³/mol. The Morgan fingerprint density at radius 2 is 2.00 bits per heavy atom. The molecular formula is C10H12N2O3. The smallest absolute Gasteiger partial charge is 0.307 e. The van der Waals surface area contributed by atoms with Gasteiger partial charge in [-0.1, -0.05) is 18.2 Å². The molecule has 1 amide bonds. The number of benzene rings is 1. The molecular weight excluding hydrogens is 196 g/mol. The van der Waals surface area contributed by atoms with Crippen LogP contribution >= 0.6 is 0 Å². The van der Waals surface area contributed by atoms with Crippen LogP contribution in [0.2, 0.25) is 0 Å². The average molecular weight is 208 g/mol. The van der Waals surface area contributed by atoms with E-state index < -0.39 is 5.97 Å². The number of hydrogen-bond donors (Lipinski definition) is 3. The second-order valence-corrected chi connectivity index (χ2v) is 2.98. The maximum atomic E-state index is 11.0. The SMILES string of the molecule is NCC(=O)Nc1ccccc1CC(=O)O. The molecule has 0 unspecified atom stereocenters. The van der Waals surface area contributed by atoms with Gasteiger partial charge in [-0.25, -0.2) is 0 Å². The van der Waals surface area contributed by atoms with E-state index in [0.29, 0.717) is 11.3 Å². The number of carboxylic acid groups (broad SMARTS) is 1. The zero-order valence-corrected chi connectivity index (χ0v) is 8.06. The summed E-state index contributed by atoms with van der Waals surface area (Å²) in [5.41, 5.74) is 6.20. The number of rotatable bonds is 4. The average Bonchev–Trinajstić information content (AvgIpc) is 2.20. The van der Waals surface area contributed by atoms with Crippen LogP contribution in [-0.4, -0.2) is 23.5 Å². The first-order valence-electron chi connectivity index (χ1n) is 4.43. The van der Waals surface area contributed by atoms with Crippen molar-refractivity contribution in [2.45, 2.75) is 6.42 Å². The Kier molecular flexibility index (Phi) is 3.82. The zero-order chi connectivity index (χ0) is 11.3. The van der Waals surface area contributed by atoms with Crippen molar-refractivity contribution in [2.75, 3.05) is 11.9 Å². The molecule has 0 aliphatic rings. The van der Waals surface area contributed by atoms with Crippen LogP contribution in [0.5, 0.6) is 0 Å². The van der Waals surface area contributed by atoms with E-state index >= 15 is 0 Å². The maximum Gasteiger partial charge on any atom is 0.307 e. The van der Waals surface area contributed by atoms with Crippen molar-refractivity contribution in [3.8, 4) is 0 Å². The number of hydrogen-bond acceptors (Lipinski definition) is 3. The Morgan fingerprint density at radius 3 is 2.60 bits per heavy atom. The number of anilines is 1. The lowest BCUT2D eigenvalue weighted by Gasteiger charge is -2.08. The molecule has 5 nitrogen and oxygen atoms in total. The number of aliphatic carboxylic acids is 1. The third-order valence-electron chi connectivity index (χ3n) is 1.82. The minimum Gasteiger partial charge on any atom is -0.481 e. The van der Waals surface area contributed by atoms with E-state index in [1.807, 2.05) is 0 Å². The minimum absolute atomic E-state index is 0.124. The van der Waals surface area contributed by atoms with E-state index in [0.717, 1.165) is 0 Å². The topological polar surface area (TPSA) is 92.4 Å². The molecule has 0 heterocycles. The number of carbonyl (C=O) groups is 2. The molecule has 0 saturated carbocycles. The molecule has 1 aromatic carbocycles. The molecule has 1 aromatic rings. The van der Waals surface area contributed by atoms with Crippen molar-refractivity contribution in [2.24, 2.45) is 5.73 Å². The molecule has 4 N–H and O–H groups in total. The number of para-hydroxylation sites is 1. The van der Waals surface area contributed by atoms with E-state index in [2.05, 4.69) is 5.32 Å². The van der Waals surface area contributed by atoms with E-state index in [1.165, 1.54) is 0 Å². The number of carboxylic acids is 1. The van der Waals surface area contributed by atoms with Crippen LogP contribution in [0.1, 0.15) is 5.56 Å². The number of amides is 1. The highest BCUT2D eigenvalue weighted by atomic mass is 16.4. The van der Waals surface area contributed by atoms with Gasteiger partial charge in [-0.05, 0) is 11.6 Å². The fourth-order valence-corrected chi connectivity index (χ4v) is 1.16. The summed E-state index contributed by atoms with van der Waals surface area (Å²) in [6.07, 6.45) is -0.124. The van der Waals surface area contributed by atoms with Gasteiger partial charge in [0.05, 0.1) is 13.0 Å². The molecule has 0 fully saturated rings. The molecule has 0 saturated heterocycles. The van der Waals surface area contributed by atoms with Gasteiger partial charge in [0.25, 0.3) is 0 Å². The second kappa shape index (κ2) is 5.11. The number of nitrogens with two attached hydrogens (primary N) is 1. The standard InChI is InChI=1S/C10H12N2O3/c11-6-9(13)12-8-4-2-1-3-7(8)5-10(14)15/h1-4H,5-6,11H2,(H,12,13)(H,14,15). The molecule has 0 bridgehead atoms. The first kappa shape index (κ1) is 11.2. The van der Waals surface area contributed by atoms with Crippen molar-refractivity contribution >= 4 is 17.6 Å². The molecule has 0 aliphatic heterocycles. The molecule has 0 aliphatic carbocycles. The van der Waals surface area contributed by atoms with Crippen LogP contribution in [0, 0.1) is 0 Å². The van der Waals surface area contributed by atoms with Gasteiger partial charge in [-0.15, -0.1) is 0 Å². The zero-order valence-electron chi connectivity index (χ0n) is 8.06. The molecule has 0 aromatic heterocycles. The number of nitrogens with one attached hydrogen (secondary N) is 1. The minimum atomic E-state index is -0.940. The fourth-order valence-electron chi connectivity index (χ4n) is 1.16. The van der Waals surface area contributed by atoms with Gasteiger partial charge in [0.1, 0.15) is 0 Å². The predicted octanol–water partition coefficient (Wildman–Crippen LogP) is 0.211. The van der Waals surface area contributed by atoms with Gasteiger partial charge >= 0.3 is 5.97 Å². The third-order valence-corrected chi connectivity index (χ3v) is 1.82. The molecule has 5 heteroatoms. The van der Waals surface area contributed by atoms with Gasteiger partial charge in [-0.2, -0.15) is 0 Å². The Morgan fingerprint density at radius 1 is 1.33 bits per heavy atom. The van der Waals surface area contributed by atoms with Crippen molar-refractivity contribution in [3.05, 3.63) is 29.8 Å². The van der Waals surface area contributed by atoms with Gasteiger partial charge in [0, 0.05) is 5.69 Å². The summed E-state index contributed by atoms with van der Waals surface area (Å²) >= 11 is 0. The quantitative estimate of drug-likeness (QED) is 0.659. The second-order valence-electron chi connectivity index (χ2n) is 2.98. The van der Waals surface area contributed by atoms with Gasteiger partial charge < -0.3 is 16.2 Å². The Hall–Kier alpha value is -1.88. The molecule has 0 radical (unpaired) electrons. The fraction of sp³-hybridized carbons (Fsp3) is 0.200. The third kappa shape index (κ3) is 3.40. The maximum absolute atomic E-state index is 11.0. The Labute approximate surface area is 86.9 Å². The van der Waals surface area contributed by atoms with Crippen LogP contribution in [-0.2, 0) is 16.0 Å². The molecule has 80 valence electrons. The van der Waals surface area contributed by atoms with Crippen molar-refractivity contribution in [1.82, 2.24) is 0 Å². The Balaban J connectivity index is 2.85. The summed E-state index contributed by atoms with van der Waals surface area (Å²) in [5.74, 6) is -1.28. The van der Waals surface area contributed by atoms with Crippen LogP contribution in [0.4, 0.5) is 5.69 Å². The lowest BCUT2D eigenvalue weighted by atomic mass is 10.1. The van der Waals surface area contributed by atoms with Crippen LogP contribution in [0.3, 0.4) is 0 Å². The molecule has 0 spiro atoms. The summed E-state index contributed by atoms with van der Waals surface area (Å²) in [7, 11) is 0. The van der Waals surface area contributed by atoms with Crippen molar-refractivity contribution in [1.29, 1.82) is 0 Å². The highest BCUT2D eigenvalue weighted by Crippen LogP contribution is 2.15. The van der Waals surface area contributed by atoms with E-state index in [9.17, 15) is 9.59 Å². The van der Waals surface area contributed by atoms with Crippen LogP contribution < -0.4 is 11.1 Å². The molecule has 1 rings (SSSR count). The lowest BCUT2D eigenvalue weighted by molar-refractivity contribution is -0.136. The largest absolute Gasteiger partial charge is 0.481 e. The lowest BCUT2D eigenvalue weighted by Crippen LogP contribution is -2.22. The van der Waals surface area contributed by atoms with Crippen molar-refractivity contribution < 1.29 is 14.7 Å². The first-order chi connectivity index (χ1) is 7.13. The summed E-state index contributed by atoms with van der Waals surface area (Å²) in [6.45, 7) is -0.124. The monoisotopic (exact) mass is 208 g/mol. The highest BCUT2D eigenvalue weighted by Gasteiger charge is 2.07. The van der Waals surface area contributed by atoms with Gasteiger partial charge in [-0.3, -0.25) is 9.59 Å². The van der Waals surface area contributed by atoms with Crippen LogP contribution in [0.25, 0.3) is 0 Å². The van der Waals surface area contributed by atoms with E-state index in [1.54, 1.807) is 24.3 Å². The summed E-state index contributed by atoms with van der Waals surface area (Å²) in [5, 5.41) is 11.2. The molecule has 0 atom stereocenters. The van der Waals surface area contributed by atoms with Gasteiger partial charge in [0.15, 0.2) is 0 Å². The summed E-state index contributed by atoms with van der Waals surface area (Å²) < 4.78 is 0. The summed E-state index contributed by atoms with van der Waals surface area (Å²) in [4.78, 5) is 21.6. The summed E-state index contributed by atoms with van der Waals surface area (Å²) in [6, 6.07) is 6.74. The van der Waals surface area contributed by atoms with Crippen molar-refractivity contribution in [3.63, 3.8) is 0 Å². The van der Waals surface area contributed by atoms with E-state index in [-0.39, 0.29) is 18.9 Å². The Bertz CT molecular complexity index is 377.